The maximum atomic E-state index is 7.09. The van der Waals surface area contributed by atoms with Gasteiger partial charge in [-0.15, -0.1) is 0 Å². The number of hydrogen-bond acceptors (Lipinski definition) is 2. The number of nitrogens with zero attached hydrogens (tertiary/aromatic N) is 2. The molecule has 0 spiro atoms. The first-order chi connectivity index (χ1) is 9.76. The summed E-state index contributed by atoms with van der Waals surface area (Å²) >= 11 is 7.09. The molecule has 2 nitrogen and oxygen atoms in total. The number of benzene rings is 1. The summed E-state index contributed by atoms with van der Waals surface area (Å²) < 4.78 is 5.44. The quantitative estimate of drug-likeness (QED) is 0.339. The van der Waals surface area contributed by atoms with Crippen LogP contribution in [0.5, 0.6) is 0 Å². The zero-order valence-electron chi connectivity index (χ0n) is 15.6. The molecule has 0 fully saturated rings. The van der Waals surface area contributed by atoms with Gasteiger partial charge in [-0.3, -0.25) is 4.34 Å². The van der Waals surface area contributed by atoms with Crippen LogP contribution >= 0.6 is 18.7 Å². The van der Waals surface area contributed by atoms with Crippen molar-refractivity contribution in [3.05, 3.63) is 30.3 Å². The van der Waals surface area contributed by atoms with Gasteiger partial charge in [-0.25, -0.2) is 4.44 Å². The highest BCUT2D eigenvalue weighted by atomic mass is 35.7. The molecular weight excluding hydrogens is 359 g/mol. The molecule has 22 heavy (non-hydrogen) atoms. The van der Waals surface area contributed by atoms with Crippen LogP contribution in [0.25, 0.3) is 0 Å². The van der Waals surface area contributed by atoms with Gasteiger partial charge in [0.25, 0.3) is 0 Å². The predicted octanol–water partition coefficient (Wildman–Crippen LogP) is 5.89. The van der Waals surface area contributed by atoms with Crippen molar-refractivity contribution >= 4 is 48.7 Å². The van der Waals surface area contributed by atoms with Crippen LogP contribution in [0.4, 0.5) is 0 Å². The summed E-state index contributed by atoms with van der Waals surface area (Å²) in [6.07, 6.45) is 0. The van der Waals surface area contributed by atoms with Crippen molar-refractivity contribution in [1.82, 2.24) is 8.79 Å². The Labute approximate surface area is 146 Å². The number of hydrogen-bond donors (Lipinski definition) is 0. The Balaban J connectivity index is 3.40. The standard InChI is InChI=1S/C15H32ClN2PSi3/c1-20(2,3)17(18(21(4,5)6)22(7,8)9)19(16)15-13-11-10-12-14-15/h10-14H,1-9H3. The second-order valence-corrected chi connectivity index (χ2v) is 26.2. The average molecular weight is 391 g/mol. The van der Waals surface area contributed by atoms with Gasteiger partial charge in [0.05, 0.1) is 0 Å². The van der Waals surface area contributed by atoms with Crippen LogP contribution in [0.15, 0.2) is 30.3 Å². The van der Waals surface area contributed by atoms with E-state index in [0.717, 1.165) is 0 Å². The molecule has 126 valence electrons. The van der Waals surface area contributed by atoms with Gasteiger partial charge < -0.3 is 0 Å². The first-order valence-corrected chi connectivity index (χ1v) is 20.4. The largest absolute Gasteiger partial charge is 0.286 e. The summed E-state index contributed by atoms with van der Waals surface area (Å²) in [6, 6.07) is 10.6. The number of hydrazine groups is 1. The molecule has 0 aromatic heterocycles. The van der Waals surface area contributed by atoms with E-state index in [4.69, 9.17) is 11.2 Å². The molecule has 0 saturated carbocycles. The van der Waals surface area contributed by atoms with Crippen molar-refractivity contribution in [2.75, 3.05) is 0 Å². The van der Waals surface area contributed by atoms with Crippen LogP contribution in [0, 0.1) is 0 Å². The van der Waals surface area contributed by atoms with Crippen molar-refractivity contribution in [3.63, 3.8) is 0 Å². The minimum atomic E-state index is -1.59. The summed E-state index contributed by atoms with van der Waals surface area (Å²) in [5.41, 5.74) is 0. The van der Waals surface area contributed by atoms with Crippen molar-refractivity contribution in [2.45, 2.75) is 58.9 Å². The fourth-order valence-corrected chi connectivity index (χ4v) is 24.6. The minimum absolute atomic E-state index is 0.832. The molecule has 0 amide bonds. The fourth-order valence-electron chi connectivity index (χ4n) is 2.88. The monoisotopic (exact) mass is 390 g/mol. The van der Waals surface area contributed by atoms with Gasteiger partial charge in [0.2, 0.25) is 0 Å². The lowest BCUT2D eigenvalue weighted by atomic mass is 10.4. The SMILES string of the molecule is C[Si](C)(C)N(N([Si](C)(C)C)[Si](C)(C)C)P(Cl)c1ccccc1. The summed E-state index contributed by atoms with van der Waals surface area (Å²) in [6.45, 7) is 21.9. The van der Waals surface area contributed by atoms with Crippen LogP contribution in [0.3, 0.4) is 0 Å². The van der Waals surface area contributed by atoms with E-state index >= 15 is 0 Å². The zero-order chi connectivity index (χ0) is 17.3. The second kappa shape index (κ2) is 7.18. The van der Waals surface area contributed by atoms with E-state index in [1.54, 1.807) is 0 Å². The Morgan fingerprint density at radius 2 is 1.14 bits per heavy atom. The van der Waals surface area contributed by atoms with Gasteiger partial charge in [-0.1, -0.05) is 100 Å². The molecule has 0 saturated heterocycles. The van der Waals surface area contributed by atoms with E-state index in [0.29, 0.717) is 0 Å². The highest BCUT2D eigenvalue weighted by Crippen LogP contribution is 2.51. The van der Waals surface area contributed by atoms with E-state index in [-0.39, 0.29) is 0 Å². The summed E-state index contributed by atoms with van der Waals surface area (Å²) in [5.74, 6) is 0. The van der Waals surface area contributed by atoms with Crippen LogP contribution in [-0.2, 0) is 0 Å². The van der Waals surface area contributed by atoms with Gasteiger partial charge >= 0.3 is 0 Å². The molecule has 0 radical (unpaired) electrons. The summed E-state index contributed by atoms with van der Waals surface area (Å²) in [7, 11) is -5.43. The highest BCUT2D eigenvalue weighted by Gasteiger charge is 2.46. The molecule has 0 N–H and O–H groups in total. The van der Waals surface area contributed by atoms with Crippen LogP contribution in [0.1, 0.15) is 0 Å². The zero-order valence-corrected chi connectivity index (χ0v) is 20.3. The lowest BCUT2D eigenvalue weighted by Gasteiger charge is -2.56. The minimum Gasteiger partial charge on any atom is -0.286 e. The van der Waals surface area contributed by atoms with E-state index in [2.05, 4.69) is 98.0 Å². The fraction of sp³-hybridized carbons (Fsp3) is 0.600. The molecule has 1 rings (SSSR count). The van der Waals surface area contributed by atoms with Gasteiger partial charge in [-0.05, 0) is 0 Å². The van der Waals surface area contributed by atoms with E-state index in [9.17, 15) is 0 Å². The van der Waals surface area contributed by atoms with E-state index in [1.807, 2.05) is 0 Å². The number of halogens is 1. The first kappa shape index (κ1) is 20.6. The average Bonchev–Trinajstić information content (AvgIpc) is 2.31. The lowest BCUT2D eigenvalue weighted by Crippen LogP contribution is -2.69. The van der Waals surface area contributed by atoms with Crippen molar-refractivity contribution in [2.24, 2.45) is 0 Å². The molecule has 1 aromatic rings. The van der Waals surface area contributed by atoms with E-state index in [1.165, 1.54) is 5.30 Å². The van der Waals surface area contributed by atoms with Gasteiger partial charge in [0.1, 0.15) is 32.1 Å². The van der Waals surface area contributed by atoms with Gasteiger partial charge in [0, 0.05) is 5.30 Å². The molecule has 0 aliphatic heterocycles. The number of rotatable bonds is 6. The Morgan fingerprint density at radius 1 is 0.727 bits per heavy atom. The molecule has 1 unspecified atom stereocenters. The highest BCUT2D eigenvalue weighted by molar-refractivity contribution is 7.89. The molecule has 1 atom stereocenters. The molecule has 1 aromatic carbocycles. The molecule has 0 aliphatic rings. The topological polar surface area (TPSA) is 6.48 Å². The Bertz CT molecular complexity index is 466. The first-order valence-electron chi connectivity index (χ1n) is 7.87. The van der Waals surface area contributed by atoms with Crippen LogP contribution in [-0.4, -0.2) is 33.5 Å². The van der Waals surface area contributed by atoms with Crippen molar-refractivity contribution < 1.29 is 0 Å². The summed E-state index contributed by atoms with van der Waals surface area (Å²) in [5, 5.41) is 1.27. The van der Waals surface area contributed by atoms with Crippen LogP contribution in [0.2, 0.25) is 58.9 Å². The Hall–Kier alpha value is 0.511. The molecule has 7 heteroatoms. The normalized spacial score (nSPS) is 15.5. The summed E-state index contributed by atoms with van der Waals surface area (Å²) in [4.78, 5) is 0. The van der Waals surface area contributed by atoms with Crippen molar-refractivity contribution in [1.29, 1.82) is 0 Å². The van der Waals surface area contributed by atoms with Crippen LogP contribution < -0.4 is 5.30 Å². The van der Waals surface area contributed by atoms with Crippen molar-refractivity contribution in [3.8, 4) is 0 Å². The lowest BCUT2D eigenvalue weighted by molar-refractivity contribution is 0.387. The maximum absolute atomic E-state index is 7.09. The molecule has 0 aliphatic carbocycles. The molecular formula is C15H32ClN2PSi3. The maximum Gasteiger partial charge on any atom is 0.142 e. The molecule has 0 bridgehead atoms. The Kier molecular flexibility index (Phi) is 6.70. The predicted molar refractivity (Wildman–Crippen MR) is 113 cm³/mol. The third kappa shape index (κ3) is 5.26. The van der Waals surface area contributed by atoms with E-state index < -0.39 is 32.1 Å². The smallest absolute Gasteiger partial charge is 0.142 e. The molecule has 0 heterocycles. The second-order valence-electron chi connectivity index (χ2n) is 8.71. The third-order valence-corrected chi connectivity index (χ3v) is 17.3. The Morgan fingerprint density at radius 3 is 1.45 bits per heavy atom. The third-order valence-electron chi connectivity index (χ3n) is 3.20. The van der Waals surface area contributed by atoms with Gasteiger partial charge in [-0.2, -0.15) is 0 Å². The van der Waals surface area contributed by atoms with Gasteiger partial charge in [0.15, 0.2) is 0 Å².